The van der Waals surface area contributed by atoms with E-state index < -0.39 is 5.54 Å². The minimum atomic E-state index is -0.688. The number of hydrogen-bond donors (Lipinski definition) is 2. The summed E-state index contributed by atoms with van der Waals surface area (Å²) in [5, 5.41) is 12.4. The molecule has 94 valence electrons. The molecule has 0 spiro atoms. The van der Waals surface area contributed by atoms with Crippen molar-refractivity contribution in [1.29, 1.82) is 0 Å². The predicted molar refractivity (Wildman–Crippen MR) is 68.5 cm³/mol. The fourth-order valence-electron chi connectivity index (χ4n) is 1.72. The van der Waals surface area contributed by atoms with Gasteiger partial charge >= 0.3 is 0 Å². The lowest BCUT2D eigenvalue weighted by atomic mass is 9.92. The van der Waals surface area contributed by atoms with E-state index in [1.165, 1.54) is 0 Å². The van der Waals surface area contributed by atoms with Gasteiger partial charge in [-0.3, -0.25) is 4.79 Å². The van der Waals surface area contributed by atoms with E-state index in [0.717, 1.165) is 18.4 Å². The molecule has 0 aromatic heterocycles. The van der Waals surface area contributed by atoms with Gasteiger partial charge < -0.3 is 10.4 Å². The standard InChI is InChI=1S/C14H21NO2/c1-3-4-10-13(17)15-14(2,11-16)12-8-6-5-7-9-12/h5-9,16H,3-4,10-11H2,1-2H3,(H,15,17). The molecule has 1 amide bonds. The molecular formula is C14H21NO2. The molecule has 2 N–H and O–H groups in total. The highest BCUT2D eigenvalue weighted by molar-refractivity contribution is 5.77. The van der Waals surface area contributed by atoms with Gasteiger partial charge in [0.1, 0.15) is 0 Å². The van der Waals surface area contributed by atoms with Crippen molar-refractivity contribution >= 4 is 5.91 Å². The number of hydrogen-bond acceptors (Lipinski definition) is 2. The molecule has 0 bridgehead atoms. The summed E-state index contributed by atoms with van der Waals surface area (Å²) in [4.78, 5) is 11.7. The molecule has 3 nitrogen and oxygen atoms in total. The lowest BCUT2D eigenvalue weighted by Gasteiger charge is -2.29. The zero-order chi connectivity index (χ0) is 12.7. The summed E-state index contributed by atoms with van der Waals surface area (Å²) >= 11 is 0. The first-order chi connectivity index (χ1) is 8.12. The fourth-order valence-corrected chi connectivity index (χ4v) is 1.72. The van der Waals surface area contributed by atoms with Gasteiger partial charge in [0.25, 0.3) is 0 Å². The number of amides is 1. The average molecular weight is 235 g/mol. The molecule has 1 atom stereocenters. The zero-order valence-corrected chi connectivity index (χ0v) is 10.6. The van der Waals surface area contributed by atoms with Crippen molar-refractivity contribution in [3.8, 4) is 0 Å². The van der Waals surface area contributed by atoms with Gasteiger partial charge in [-0.2, -0.15) is 0 Å². The molecule has 17 heavy (non-hydrogen) atoms. The van der Waals surface area contributed by atoms with E-state index in [-0.39, 0.29) is 12.5 Å². The van der Waals surface area contributed by atoms with Gasteiger partial charge in [-0.25, -0.2) is 0 Å². The van der Waals surface area contributed by atoms with E-state index in [0.29, 0.717) is 6.42 Å². The summed E-state index contributed by atoms with van der Waals surface area (Å²) in [5.41, 5.74) is 0.235. The number of aliphatic hydroxyl groups is 1. The highest BCUT2D eigenvalue weighted by atomic mass is 16.3. The third-order valence-electron chi connectivity index (χ3n) is 2.90. The third kappa shape index (κ3) is 3.86. The summed E-state index contributed by atoms with van der Waals surface area (Å²) in [6.45, 7) is 3.79. The molecule has 0 heterocycles. The Balaban J connectivity index is 2.72. The van der Waals surface area contributed by atoms with Gasteiger partial charge in [-0.05, 0) is 18.9 Å². The largest absolute Gasteiger partial charge is 0.394 e. The second-order valence-electron chi connectivity index (χ2n) is 4.51. The van der Waals surface area contributed by atoms with E-state index in [2.05, 4.69) is 12.2 Å². The summed E-state index contributed by atoms with van der Waals surface area (Å²) in [6, 6.07) is 9.55. The molecule has 0 aliphatic carbocycles. The third-order valence-corrected chi connectivity index (χ3v) is 2.90. The van der Waals surface area contributed by atoms with Crippen LogP contribution < -0.4 is 5.32 Å². The summed E-state index contributed by atoms with van der Waals surface area (Å²) in [7, 11) is 0. The first-order valence-corrected chi connectivity index (χ1v) is 6.10. The van der Waals surface area contributed by atoms with Crippen LogP contribution in [-0.4, -0.2) is 17.6 Å². The van der Waals surface area contributed by atoms with Gasteiger partial charge in [0.2, 0.25) is 5.91 Å². The van der Waals surface area contributed by atoms with Gasteiger partial charge in [-0.15, -0.1) is 0 Å². The van der Waals surface area contributed by atoms with E-state index in [4.69, 9.17) is 0 Å². The molecule has 0 saturated carbocycles. The average Bonchev–Trinajstić information content (AvgIpc) is 2.37. The molecule has 0 aliphatic rings. The van der Waals surface area contributed by atoms with E-state index in [1.54, 1.807) is 0 Å². The van der Waals surface area contributed by atoms with Gasteiger partial charge in [0, 0.05) is 6.42 Å². The summed E-state index contributed by atoms with van der Waals surface area (Å²) in [6.07, 6.45) is 2.38. The van der Waals surface area contributed by atoms with Crippen LogP contribution in [0.25, 0.3) is 0 Å². The lowest BCUT2D eigenvalue weighted by molar-refractivity contribution is -0.123. The fraction of sp³-hybridized carbons (Fsp3) is 0.500. The maximum atomic E-state index is 11.7. The Hall–Kier alpha value is -1.35. The first-order valence-electron chi connectivity index (χ1n) is 6.10. The van der Waals surface area contributed by atoms with Crippen LogP contribution in [0.2, 0.25) is 0 Å². The number of rotatable bonds is 6. The number of carbonyl (C=O) groups excluding carboxylic acids is 1. The van der Waals surface area contributed by atoms with Gasteiger partial charge in [0.15, 0.2) is 0 Å². The second kappa shape index (κ2) is 6.40. The van der Waals surface area contributed by atoms with Crippen LogP contribution in [0.15, 0.2) is 30.3 Å². The quantitative estimate of drug-likeness (QED) is 0.794. The highest BCUT2D eigenvalue weighted by Crippen LogP contribution is 2.20. The minimum Gasteiger partial charge on any atom is -0.394 e. The van der Waals surface area contributed by atoms with Crippen molar-refractivity contribution < 1.29 is 9.90 Å². The molecule has 0 saturated heterocycles. The molecule has 1 aromatic rings. The second-order valence-corrected chi connectivity index (χ2v) is 4.51. The topological polar surface area (TPSA) is 49.3 Å². The van der Waals surface area contributed by atoms with Crippen molar-refractivity contribution in [2.45, 2.75) is 38.6 Å². The van der Waals surface area contributed by atoms with Crippen molar-refractivity contribution in [3.63, 3.8) is 0 Å². The predicted octanol–water partition coefficient (Wildman–Crippen LogP) is 2.20. The van der Waals surface area contributed by atoms with E-state index >= 15 is 0 Å². The molecule has 1 rings (SSSR count). The molecule has 1 unspecified atom stereocenters. The van der Waals surface area contributed by atoms with Crippen molar-refractivity contribution in [2.24, 2.45) is 0 Å². The minimum absolute atomic E-state index is 0.00717. The number of nitrogens with one attached hydrogen (secondary N) is 1. The Labute approximate surface area is 103 Å². The Morgan fingerprint density at radius 2 is 2.00 bits per heavy atom. The number of benzene rings is 1. The van der Waals surface area contributed by atoms with Gasteiger partial charge in [-0.1, -0.05) is 43.7 Å². The number of unbranched alkanes of at least 4 members (excludes halogenated alkanes) is 1. The molecule has 1 aromatic carbocycles. The molecule has 0 radical (unpaired) electrons. The Morgan fingerprint density at radius 1 is 1.35 bits per heavy atom. The maximum absolute atomic E-state index is 11.7. The van der Waals surface area contributed by atoms with Crippen LogP contribution in [0, 0.1) is 0 Å². The summed E-state index contributed by atoms with van der Waals surface area (Å²) in [5.74, 6) is -0.00717. The van der Waals surface area contributed by atoms with E-state index in [1.807, 2.05) is 37.3 Å². The van der Waals surface area contributed by atoms with Crippen LogP contribution in [0.5, 0.6) is 0 Å². The van der Waals surface area contributed by atoms with Crippen molar-refractivity contribution in [3.05, 3.63) is 35.9 Å². The molecule has 3 heteroatoms. The Bertz CT molecular complexity index is 350. The SMILES string of the molecule is CCCCC(=O)NC(C)(CO)c1ccccc1. The van der Waals surface area contributed by atoms with Crippen molar-refractivity contribution in [2.75, 3.05) is 6.61 Å². The first kappa shape index (κ1) is 13.7. The molecular weight excluding hydrogens is 214 g/mol. The number of aliphatic hydroxyl groups excluding tert-OH is 1. The Kier molecular flexibility index (Phi) is 5.16. The van der Waals surface area contributed by atoms with Crippen molar-refractivity contribution in [1.82, 2.24) is 5.32 Å². The van der Waals surface area contributed by atoms with E-state index in [9.17, 15) is 9.90 Å². The number of carbonyl (C=O) groups is 1. The van der Waals surface area contributed by atoms with Crippen LogP contribution in [0.1, 0.15) is 38.7 Å². The van der Waals surface area contributed by atoms with Crippen LogP contribution in [0.4, 0.5) is 0 Å². The molecule has 0 fully saturated rings. The summed E-state index contributed by atoms with van der Waals surface area (Å²) < 4.78 is 0. The monoisotopic (exact) mass is 235 g/mol. The van der Waals surface area contributed by atoms with Crippen LogP contribution in [0.3, 0.4) is 0 Å². The maximum Gasteiger partial charge on any atom is 0.220 e. The highest BCUT2D eigenvalue weighted by Gasteiger charge is 2.27. The zero-order valence-electron chi connectivity index (χ0n) is 10.6. The van der Waals surface area contributed by atoms with Crippen LogP contribution in [-0.2, 0) is 10.3 Å². The normalized spacial score (nSPS) is 14.1. The molecule has 0 aliphatic heterocycles. The van der Waals surface area contributed by atoms with Gasteiger partial charge in [0.05, 0.1) is 12.1 Å². The lowest BCUT2D eigenvalue weighted by Crippen LogP contribution is -2.46. The Morgan fingerprint density at radius 3 is 2.53 bits per heavy atom. The smallest absolute Gasteiger partial charge is 0.220 e. The van der Waals surface area contributed by atoms with Crippen LogP contribution >= 0.6 is 0 Å².